The fraction of sp³-hybridized carbons (Fsp3) is 0.250. The Bertz CT molecular complexity index is 483. The van der Waals surface area contributed by atoms with Crippen molar-refractivity contribution < 1.29 is 4.74 Å². The molecule has 0 fully saturated rings. The molecule has 2 rings (SSSR count). The summed E-state index contributed by atoms with van der Waals surface area (Å²) in [6.07, 6.45) is 0. The summed E-state index contributed by atoms with van der Waals surface area (Å²) in [6, 6.07) is 16.9. The number of methoxy groups -OCH3 is 1. The molecule has 2 aromatic rings. The first-order valence-electron chi connectivity index (χ1n) is 5.95. The van der Waals surface area contributed by atoms with Crippen LogP contribution in [-0.4, -0.2) is 7.11 Å². The molecule has 2 aromatic carbocycles. The Morgan fingerprint density at radius 3 is 2.18 bits per heavy atom. The third-order valence-electron chi connectivity index (χ3n) is 2.98. The Labute approximate surface area is 103 Å². The van der Waals surface area contributed by atoms with Crippen LogP contribution < -0.4 is 4.74 Å². The van der Waals surface area contributed by atoms with E-state index in [2.05, 4.69) is 50.2 Å². The van der Waals surface area contributed by atoms with Crippen LogP contribution in [0.1, 0.15) is 25.3 Å². The van der Waals surface area contributed by atoms with Crippen molar-refractivity contribution in [2.24, 2.45) is 0 Å². The normalized spacial score (nSPS) is 10.6. The van der Waals surface area contributed by atoms with Crippen molar-refractivity contribution in [1.29, 1.82) is 0 Å². The van der Waals surface area contributed by atoms with Crippen LogP contribution in [0.3, 0.4) is 0 Å². The van der Waals surface area contributed by atoms with Gasteiger partial charge in [0.1, 0.15) is 5.75 Å². The van der Waals surface area contributed by atoms with E-state index in [1.807, 2.05) is 12.1 Å². The largest absolute Gasteiger partial charge is 0.497 e. The Morgan fingerprint density at radius 1 is 0.882 bits per heavy atom. The summed E-state index contributed by atoms with van der Waals surface area (Å²) >= 11 is 0. The SMILES string of the molecule is COc1cccc(-c2ccc(C(C)C)cc2)c1. The highest BCUT2D eigenvalue weighted by Crippen LogP contribution is 2.25. The summed E-state index contributed by atoms with van der Waals surface area (Å²) < 4.78 is 5.24. The van der Waals surface area contributed by atoms with Crippen LogP contribution in [0.5, 0.6) is 5.75 Å². The second-order valence-corrected chi connectivity index (χ2v) is 4.51. The lowest BCUT2D eigenvalue weighted by atomic mass is 9.99. The van der Waals surface area contributed by atoms with E-state index in [9.17, 15) is 0 Å². The summed E-state index contributed by atoms with van der Waals surface area (Å²) in [5.41, 5.74) is 3.80. The van der Waals surface area contributed by atoms with E-state index in [0.29, 0.717) is 5.92 Å². The maximum atomic E-state index is 5.24. The van der Waals surface area contributed by atoms with Gasteiger partial charge in [0.25, 0.3) is 0 Å². The van der Waals surface area contributed by atoms with Crippen LogP contribution in [0.25, 0.3) is 11.1 Å². The zero-order valence-electron chi connectivity index (χ0n) is 10.6. The Balaban J connectivity index is 2.32. The maximum absolute atomic E-state index is 5.24. The van der Waals surface area contributed by atoms with Crippen molar-refractivity contribution in [1.82, 2.24) is 0 Å². The number of hydrogen-bond acceptors (Lipinski definition) is 1. The predicted octanol–water partition coefficient (Wildman–Crippen LogP) is 4.49. The van der Waals surface area contributed by atoms with Crippen molar-refractivity contribution in [2.45, 2.75) is 19.8 Å². The molecule has 1 heteroatoms. The quantitative estimate of drug-likeness (QED) is 0.749. The summed E-state index contributed by atoms with van der Waals surface area (Å²) in [4.78, 5) is 0. The minimum Gasteiger partial charge on any atom is -0.497 e. The molecule has 17 heavy (non-hydrogen) atoms. The third-order valence-corrected chi connectivity index (χ3v) is 2.98. The van der Waals surface area contributed by atoms with Crippen LogP contribution in [0, 0.1) is 0 Å². The van der Waals surface area contributed by atoms with Crippen molar-refractivity contribution in [3.63, 3.8) is 0 Å². The number of rotatable bonds is 3. The molecule has 0 amide bonds. The molecule has 0 heterocycles. The summed E-state index contributed by atoms with van der Waals surface area (Å²) in [5.74, 6) is 1.48. The average molecular weight is 226 g/mol. The van der Waals surface area contributed by atoms with Crippen LogP contribution in [-0.2, 0) is 0 Å². The van der Waals surface area contributed by atoms with Gasteiger partial charge in [-0.2, -0.15) is 0 Å². The Kier molecular flexibility index (Phi) is 3.48. The van der Waals surface area contributed by atoms with Gasteiger partial charge in [0, 0.05) is 0 Å². The van der Waals surface area contributed by atoms with Gasteiger partial charge in [-0.3, -0.25) is 0 Å². The van der Waals surface area contributed by atoms with Crippen molar-refractivity contribution in [2.75, 3.05) is 7.11 Å². The number of benzene rings is 2. The molecule has 0 aromatic heterocycles. The first-order chi connectivity index (χ1) is 8.20. The standard InChI is InChI=1S/C16H18O/c1-12(2)13-7-9-14(10-8-13)15-5-4-6-16(11-15)17-3/h4-12H,1-3H3. The summed E-state index contributed by atoms with van der Waals surface area (Å²) in [5, 5.41) is 0. The third kappa shape index (κ3) is 2.68. The van der Waals surface area contributed by atoms with E-state index in [4.69, 9.17) is 4.74 Å². The van der Waals surface area contributed by atoms with E-state index in [1.165, 1.54) is 16.7 Å². The van der Waals surface area contributed by atoms with Gasteiger partial charge < -0.3 is 4.74 Å². The topological polar surface area (TPSA) is 9.23 Å². The smallest absolute Gasteiger partial charge is 0.119 e. The van der Waals surface area contributed by atoms with Gasteiger partial charge >= 0.3 is 0 Å². The van der Waals surface area contributed by atoms with Crippen molar-refractivity contribution in [3.05, 3.63) is 54.1 Å². The molecule has 0 unspecified atom stereocenters. The van der Waals surface area contributed by atoms with Crippen LogP contribution in [0.2, 0.25) is 0 Å². The maximum Gasteiger partial charge on any atom is 0.119 e. The van der Waals surface area contributed by atoms with Crippen molar-refractivity contribution >= 4 is 0 Å². The number of ether oxygens (including phenoxy) is 1. The van der Waals surface area contributed by atoms with E-state index < -0.39 is 0 Å². The first-order valence-corrected chi connectivity index (χ1v) is 5.95. The first kappa shape index (κ1) is 11.7. The second-order valence-electron chi connectivity index (χ2n) is 4.51. The lowest BCUT2D eigenvalue weighted by Gasteiger charge is -2.08. The van der Waals surface area contributed by atoms with E-state index in [-0.39, 0.29) is 0 Å². The molecular weight excluding hydrogens is 208 g/mol. The highest BCUT2D eigenvalue weighted by Gasteiger charge is 2.01. The average Bonchev–Trinajstić information content (AvgIpc) is 2.39. The van der Waals surface area contributed by atoms with Gasteiger partial charge in [0.05, 0.1) is 7.11 Å². The van der Waals surface area contributed by atoms with E-state index in [0.717, 1.165) is 5.75 Å². The zero-order chi connectivity index (χ0) is 12.3. The molecule has 0 radical (unpaired) electrons. The van der Waals surface area contributed by atoms with Gasteiger partial charge in [0.15, 0.2) is 0 Å². The molecule has 1 nitrogen and oxygen atoms in total. The molecule has 0 saturated carbocycles. The Hall–Kier alpha value is -1.76. The molecule has 0 saturated heterocycles. The number of hydrogen-bond donors (Lipinski definition) is 0. The predicted molar refractivity (Wildman–Crippen MR) is 72.5 cm³/mol. The highest BCUT2D eigenvalue weighted by atomic mass is 16.5. The molecule has 0 aliphatic heterocycles. The summed E-state index contributed by atoms with van der Waals surface area (Å²) in [7, 11) is 1.70. The van der Waals surface area contributed by atoms with Crippen LogP contribution in [0.4, 0.5) is 0 Å². The highest BCUT2D eigenvalue weighted by molar-refractivity contribution is 5.65. The van der Waals surface area contributed by atoms with Gasteiger partial charge in [0.2, 0.25) is 0 Å². The minimum absolute atomic E-state index is 0.578. The van der Waals surface area contributed by atoms with Crippen LogP contribution in [0.15, 0.2) is 48.5 Å². The molecule has 0 atom stereocenters. The molecular formula is C16H18O. The van der Waals surface area contributed by atoms with Gasteiger partial charge in [-0.05, 0) is 34.7 Å². The molecule has 0 aliphatic rings. The Morgan fingerprint density at radius 2 is 1.59 bits per heavy atom. The van der Waals surface area contributed by atoms with Gasteiger partial charge in [-0.25, -0.2) is 0 Å². The lowest BCUT2D eigenvalue weighted by molar-refractivity contribution is 0.415. The molecule has 0 aliphatic carbocycles. The van der Waals surface area contributed by atoms with Crippen LogP contribution >= 0.6 is 0 Å². The molecule has 0 spiro atoms. The van der Waals surface area contributed by atoms with E-state index in [1.54, 1.807) is 7.11 Å². The fourth-order valence-electron chi connectivity index (χ4n) is 1.86. The van der Waals surface area contributed by atoms with E-state index >= 15 is 0 Å². The molecule has 0 N–H and O–H groups in total. The second kappa shape index (κ2) is 5.05. The molecule has 88 valence electrons. The van der Waals surface area contributed by atoms with Crippen molar-refractivity contribution in [3.8, 4) is 16.9 Å². The minimum atomic E-state index is 0.578. The van der Waals surface area contributed by atoms with Gasteiger partial charge in [-0.15, -0.1) is 0 Å². The zero-order valence-corrected chi connectivity index (χ0v) is 10.6. The monoisotopic (exact) mass is 226 g/mol. The van der Waals surface area contributed by atoms with Gasteiger partial charge in [-0.1, -0.05) is 50.2 Å². The fourth-order valence-corrected chi connectivity index (χ4v) is 1.86. The molecule has 0 bridgehead atoms. The lowest BCUT2D eigenvalue weighted by Crippen LogP contribution is -1.87. The summed E-state index contributed by atoms with van der Waals surface area (Å²) in [6.45, 7) is 4.42.